The van der Waals surface area contributed by atoms with Crippen LogP contribution in [0.2, 0.25) is 0 Å². The van der Waals surface area contributed by atoms with Crippen molar-refractivity contribution >= 4 is 52.1 Å². The number of imide groups is 2. The number of rotatable bonds is 17. The zero-order chi connectivity index (χ0) is 40.7. The van der Waals surface area contributed by atoms with Gasteiger partial charge in [-0.2, -0.15) is 0 Å². The van der Waals surface area contributed by atoms with E-state index < -0.39 is 35.3 Å². The van der Waals surface area contributed by atoms with E-state index in [1.165, 1.54) is 0 Å². The third kappa shape index (κ3) is 9.21. The van der Waals surface area contributed by atoms with Gasteiger partial charge in [-0.15, -0.1) is 0 Å². The van der Waals surface area contributed by atoms with Crippen LogP contribution in [0.3, 0.4) is 0 Å². The molecule has 2 aliphatic heterocycles. The molecule has 5 amide bonds. The van der Waals surface area contributed by atoms with Crippen molar-refractivity contribution in [3.05, 3.63) is 41.2 Å². The Kier molecular flexibility index (Phi) is 12.5. The molecule has 0 saturated carbocycles. The monoisotopic (exact) mass is 782 g/mol. The molecule has 1 unspecified atom stereocenters. The van der Waals surface area contributed by atoms with E-state index in [-0.39, 0.29) is 41.4 Å². The Morgan fingerprint density at radius 1 is 1.09 bits per heavy atom. The smallest absolute Gasteiger partial charge is 0.264 e. The number of nitrogens with two attached hydrogens (primary N) is 1. The molecule has 3 aromatic heterocycles. The third-order valence-electron chi connectivity index (χ3n) is 9.53. The van der Waals surface area contributed by atoms with Gasteiger partial charge in [-0.05, 0) is 74.8 Å². The summed E-state index contributed by atoms with van der Waals surface area (Å²) in [5.41, 5.74) is 7.45. The Hall–Kier alpha value is -6.35. The number of fused-ring (bicyclic) bond motifs is 2. The van der Waals surface area contributed by atoms with Gasteiger partial charge in [-0.3, -0.25) is 34.2 Å². The van der Waals surface area contributed by atoms with Crippen molar-refractivity contribution in [3.63, 3.8) is 0 Å². The minimum atomic E-state index is -1.23. The number of hydrogen-bond donors (Lipinski definition) is 5. The minimum Gasteiger partial charge on any atom is -0.490 e. The summed E-state index contributed by atoms with van der Waals surface area (Å²) in [6, 6.07) is 3.87. The summed E-state index contributed by atoms with van der Waals surface area (Å²) >= 11 is 0. The van der Waals surface area contributed by atoms with Crippen LogP contribution in [0.5, 0.6) is 5.75 Å². The lowest BCUT2D eigenvalue weighted by Gasteiger charge is -2.27. The molecule has 300 valence electrons. The second kappa shape index (κ2) is 17.6. The molecule has 18 heteroatoms. The Morgan fingerprint density at radius 2 is 1.88 bits per heavy atom. The van der Waals surface area contributed by atoms with Crippen molar-refractivity contribution in [1.29, 1.82) is 0 Å². The summed E-state index contributed by atoms with van der Waals surface area (Å²) in [5.74, 6) is 4.51. The van der Waals surface area contributed by atoms with Gasteiger partial charge in [0.15, 0.2) is 23.1 Å². The molecule has 6 rings (SSSR count). The Bertz CT molecular complexity index is 2250. The second-order valence-electron chi connectivity index (χ2n) is 14.3. The highest BCUT2D eigenvalue weighted by molar-refractivity contribution is 6.25. The van der Waals surface area contributed by atoms with Crippen molar-refractivity contribution in [2.24, 2.45) is 0 Å². The fourth-order valence-corrected chi connectivity index (χ4v) is 6.75. The maximum atomic E-state index is 13.3. The Labute approximate surface area is 328 Å². The number of pyridine rings is 1. The molecular formula is C39H46N10O8. The Balaban J connectivity index is 0.904. The number of imidazole rings is 1. The maximum Gasteiger partial charge on any atom is 0.264 e. The predicted octanol–water partition coefficient (Wildman–Crippen LogP) is 2.94. The lowest BCUT2D eigenvalue weighted by atomic mass is 10.0. The molecule has 0 radical (unpaired) electrons. The van der Waals surface area contributed by atoms with Crippen molar-refractivity contribution in [3.8, 4) is 29.1 Å². The van der Waals surface area contributed by atoms with Gasteiger partial charge in [-0.25, -0.2) is 14.6 Å². The standard InChI is InChI=1S/C39H46N10O8/c1-4-48-33-27(22-43-25(17-18-39(2,3)55)31(33)45-35(48)32-34(40)47-57-46-32)56-21-9-7-5-6-8-14-28(50)42-20-11-19-41-24-13-10-12-23-30(24)38(54)49(37(23)53)26-15-16-29(51)44-36(26)52/h10,12-13,22,26,41,55H,4-9,11,14-16,19-21H2,1-3H3,(H2,40,47)(H,42,50)(H,44,51,52). The first kappa shape index (κ1) is 40.3. The SMILES string of the molecule is CCn1c(-c2nonc2N)nc2c(C#CC(C)(C)O)ncc(OCCCCCCCC(=O)NCCCNc3cccc4c3C(=O)N(C3CCC(=O)NC3=O)C4=O)c21. The number of aromatic nitrogens is 5. The molecule has 1 fully saturated rings. The van der Waals surface area contributed by atoms with Crippen LogP contribution in [0.1, 0.15) is 105 Å². The first-order chi connectivity index (χ1) is 27.4. The molecule has 0 bridgehead atoms. The molecule has 4 aromatic rings. The van der Waals surface area contributed by atoms with Gasteiger partial charge in [0, 0.05) is 38.2 Å². The second-order valence-corrected chi connectivity index (χ2v) is 14.3. The van der Waals surface area contributed by atoms with Crippen LogP contribution in [0, 0.1) is 11.8 Å². The molecule has 57 heavy (non-hydrogen) atoms. The summed E-state index contributed by atoms with van der Waals surface area (Å²) in [7, 11) is 0. The predicted molar refractivity (Wildman–Crippen MR) is 207 cm³/mol. The van der Waals surface area contributed by atoms with Crippen molar-refractivity contribution in [1.82, 2.24) is 40.4 Å². The molecular weight excluding hydrogens is 736 g/mol. The molecule has 18 nitrogen and oxygen atoms in total. The molecule has 1 aromatic carbocycles. The highest BCUT2D eigenvalue weighted by Gasteiger charge is 2.45. The largest absolute Gasteiger partial charge is 0.490 e. The van der Waals surface area contributed by atoms with E-state index in [9.17, 15) is 29.1 Å². The zero-order valence-electron chi connectivity index (χ0n) is 32.1. The molecule has 0 spiro atoms. The van der Waals surface area contributed by atoms with Crippen LogP contribution < -0.4 is 26.4 Å². The van der Waals surface area contributed by atoms with Crippen LogP contribution >= 0.6 is 0 Å². The first-order valence-corrected chi connectivity index (χ1v) is 19.1. The normalized spacial score (nSPS) is 15.4. The van der Waals surface area contributed by atoms with Crippen LogP contribution in [-0.4, -0.2) is 95.7 Å². The molecule has 1 saturated heterocycles. The number of hydrogen-bond acceptors (Lipinski definition) is 14. The summed E-state index contributed by atoms with van der Waals surface area (Å²) in [5, 5.41) is 26.1. The van der Waals surface area contributed by atoms with E-state index in [1.54, 1.807) is 38.2 Å². The maximum absolute atomic E-state index is 13.3. The molecule has 1 atom stereocenters. The van der Waals surface area contributed by atoms with Crippen LogP contribution in [-0.2, 0) is 20.9 Å². The van der Waals surface area contributed by atoms with Crippen LogP contribution in [0.4, 0.5) is 11.5 Å². The number of nitrogen functional groups attached to an aromatic ring is 1. The highest BCUT2D eigenvalue weighted by Crippen LogP contribution is 2.34. The number of benzene rings is 1. The third-order valence-corrected chi connectivity index (χ3v) is 9.53. The summed E-state index contributed by atoms with van der Waals surface area (Å²) in [6.45, 7) is 6.94. The number of nitrogens with zero attached hydrogens (tertiary/aromatic N) is 6. The topological polar surface area (TPSA) is 250 Å². The number of piperidine rings is 1. The van der Waals surface area contributed by atoms with E-state index in [0.717, 1.165) is 37.0 Å². The molecule has 5 heterocycles. The van der Waals surface area contributed by atoms with Gasteiger partial charge >= 0.3 is 0 Å². The number of amides is 5. The summed E-state index contributed by atoms with van der Waals surface area (Å²) < 4.78 is 12.9. The van der Waals surface area contributed by atoms with E-state index in [2.05, 4.69) is 43.1 Å². The minimum absolute atomic E-state index is 0.0399. The quantitative estimate of drug-likeness (QED) is 0.0587. The van der Waals surface area contributed by atoms with Crippen LogP contribution in [0.15, 0.2) is 29.0 Å². The fraction of sp³-hybridized carbons (Fsp3) is 0.462. The average Bonchev–Trinajstić information content (AvgIpc) is 3.85. The molecule has 6 N–H and O–H groups in total. The van der Waals surface area contributed by atoms with E-state index in [4.69, 9.17) is 20.1 Å². The molecule has 2 aliphatic rings. The Morgan fingerprint density at radius 3 is 2.61 bits per heavy atom. The number of aryl methyl sites for hydroxylation is 1. The first-order valence-electron chi connectivity index (χ1n) is 19.1. The number of aliphatic hydroxyl groups is 1. The van der Waals surface area contributed by atoms with Crippen LogP contribution in [0.25, 0.3) is 22.6 Å². The van der Waals surface area contributed by atoms with E-state index in [0.29, 0.717) is 73.1 Å². The van der Waals surface area contributed by atoms with Gasteiger partial charge < -0.3 is 30.8 Å². The van der Waals surface area contributed by atoms with E-state index >= 15 is 0 Å². The average molecular weight is 783 g/mol. The number of anilines is 2. The number of unbranched alkanes of at least 4 members (excludes halogenated alkanes) is 4. The van der Waals surface area contributed by atoms with Gasteiger partial charge in [0.05, 0.1) is 23.9 Å². The fourth-order valence-electron chi connectivity index (χ4n) is 6.75. The van der Waals surface area contributed by atoms with Gasteiger partial charge in [0.25, 0.3) is 11.8 Å². The van der Waals surface area contributed by atoms with Gasteiger partial charge in [0.2, 0.25) is 17.7 Å². The van der Waals surface area contributed by atoms with E-state index in [1.807, 2.05) is 11.5 Å². The van der Waals surface area contributed by atoms with Crippen molar-refractivity contribution in [2.75, 3.05) is 30.7 Å². The van der Waals surface area contributed by atoms with Crippen molar-refractivity contribution in [2.45, 2.75) is 96.7 Å². The van der Waals surface area contributed by atoms with Crippen molar-refractivity contribution < 1.29 is 38.4 Å². The zero-order valence-corrected chi connectivity index (χ0v) is 32.1. The number of carbonyl (C=O) groups is 5. The lowest BCUT2D eigenvalue weighted by molar-refractivity contribution is -0.136. The number of nitrogens with one attached hydrogen (secondary N) is 3. The summed E-state index contributed by atoms with van der Waals surface area (Å²) in [4.78, 5) is 72.9. The van der Waals surface area contributed by atoms with Gasteiger partial charge in [-0.1, -0.05) is 31.2 Å². The number of carbonyl (C=O) groups excluding carboxylic acids is 5. The highest BCUT2D eigenvalue weighted by atomic mass is 16.6. The summed E-state index contributed by atoms with van der Waals surface area (Å²) in [6.07, 6.45) is 6.98. The van der Waals surface area contributed by atoms with Gasteiger partial charge in [0.1, 0.15) is 28.4 Å². The molecule has 0 aliphatic carbocycles. The number of ether oxygens (including phenoxy) is 1. The lowest BCUT2D eigenvalue weighted by Crippen LogP contribution is -2.54.